The average Bonchev–Trinajstić information content (AvgIpc) is 2.82. The number of methoxy groups -OCH3 is 1. The van der Waals surface area contributed by atoms with Crippen LogP contribution in [0.15, 0.2) is 30.6 Å². The Morgan fingerprint density at radius 1 is 1.20 bits per heavy atom. The third kappa shape index (κ3) is 2.30. The van der Waals surface area contributed by atoms with E-state index in [1.54, 1.807) is 13.4 Å². The SMILES string of the molecule is COc1ccccc1Cn1cnc2nc(Cl)nc(Cl)c21. The molecule has 0 atom stereocenters. The monoisotopic (exact) mass is 308 g/mol. The zero-order chi connectivity index (χ0) is 14.1. The Morgan fingerprint density at radius 2 is 2.00 bits per heavy atom. The van der Waals surface area contributed by atoms with Crippen molar-refractivity contribution in [3.63, 3.8) is 0 Å². The van der Waals surface area contributed by atoms with E-state index in [4.69, 9.17) is 27.9 Å². The molecular formula is C13H10Cl2N4O. The highest BCUT2D eigenvalue weighted by Gasteiger charge is 2.12. The van der Waals surface area contributed by atoms with E-state index >= 15 is 0 Å². The summed E-state index contributed by atoms with van der Waals surface area (Å²) in [4.78, 5) is 12.2. The summed E-state index contributed by atoms with van der Waals surface area (Å²) in [5.41, 5.74) is 2.15. The maximum absolute atomic E-state index is 6.12. The number of hydrogen-bond donors (Lipinski definition) is 0. The van der Waals surface area contributed by atoms with Gasteiger partial charge in [-0.25, -0.2) is 9.97 Å². The largest absolute Gasteiger partial charge is 0.496 e. The van der Waals surface area contributed by atoms with Crippen molar-refractivity contribution in [2.75, 3.05) is 7.11 Å². The minimum absolute atomic E-state index is 0.0880. The number of fused-ring (bicyclic) bond motifs is 1. The highest BCUT2D eigenvalue weighted by molar-refractivity contribution is 6.35. The number of halogens is 2. The molecule has 0 aliphatic rings. The lowest BCUT2D eigenvalue weighted by Crippen LogP contribution is -2.01. The maximum atomic E-state index is 6.12. The number of aromatic nitrogens is 4. The molecule has 3 rings (SSSR count). The van der Waals surface area contributed by atoms with E-state index in [1.807, 2.05) is 28.8 Å². The zero-order valence-corrected chi connectivity index (χ0v) is 12.1. The van der Waals surface area contributed by atoms with E-state index < -0.39 is 0 Å². The van der Waals surface area contributed by atoms with Crippen molar-refractivity contribution >= 4 is 34.4 Å². The number of para-hydroxylation sites is 1. The van der Waals surface area contributed by atoms with Crippen LogP contribution in [0, 0.1) is 0 Å². The summed E-state index contributed by atoms with van der Waals surface area (Å²) in [6.07, 6.45) is 1.66. The molecule has 3 aromatic rings. The molecule has 7 heteroatoms. The van der Waals surface area contributed by atoms with Crippen molar-refractivity contribution in [2.24, 2.45) is 0 Å². The van der Waals surface area contributed by atoms with Gasteiger partial charge in [-0.15, -0.1) is 0 Å². The second kappa shape index (κ2) is 5.26. The molecule has 0 unspecified atom stereocenters. The number of ether oxygens (including phenoxy) is 1. The van der Waals surface area contributed by atoms with Gasteiger partial charge in [0.15, 0.2) is 10.8 Å². The fraction of sp³-hybridized carbons (Fsp3) is 0.154. The quantitative estimate of drug-likeness (QED) is 0.551. The number of nitrogens with zero attached hydrogens (tertiary/aromatic N) is 4. The van der Waals surface area contributed by atoms with Crippen LogP contribution in [0.5, 0.6) is 5.75 Å². The number of benzene rings is 1. The predicted octanol–water partition coefficient (Wildman–Crippen LogP) is 3.19. The summed E-state index contributed by atoms with van der Waals surface area (Å²) in [7, 11) is 1.64. The number of rotatable bonds is 3. The third-order valence-corrected chi connectivity index (χ3v) is 3.37. The second-order valence-corrected chi connectivity index (χ2v) is 4.84. The first kappa shape index (κ1) is 13.1. The van der Waals surface area contributed by atoms with Gasteiger partial charge in [0.25, 0.3) is 0 Å². The Morgan fingerprint density at radius 3 is 2.80 bits per heavy atom. The van der Waals surface area contributed by atoms with E-state index in [0.29, 0.717) is 17.7 Å². The lowest BCUT2D eigenvalue weighted by Gasteiger charge is -2.09. The van der Waals surface area contributed by atoms with E-state index in [2.05, 4.69) is 15.0 Å². The first-order valence-electron chi connectivity index (χ1n) is 5.85. The van der Waals surface area contributed by atoms with Crippen LogP contribution in [0.25, 0.3) is 11.2 Å². The summed E-state index contributed by atoms with van der Waals surface area (Å²) in [6.45, 7) is 0.561. The second-order valence-electron chi connectivity index (χ2n) is 4.14. The maximum Gasteiger partial charge on any atom is 0.225 e. The fourth-order valence-electron chi connectivity index (χ4n) is 2.05. The van der Waals surface area contributed by atoms with Crippen LogP contribution < -0.4 is 4.74 Å². The molecule has 0 amide bonds. The topological polar surface area (TPSA) is 52.8 Å². The van der Waals surface area contributed by atoms with Gasteiger partial charge in [0, 0.05) is 5.56 Å². The Balaban J connectivity index is 2.07. The van der Waals surface area contributed by atoms with Gasteiger partial charge in [0.1, 0.15) is 11.3 Å². The van der Waals surface area contributed by atoms with Crippen molar-refractivity contribution in [3.8, 4) is 5.75 Å². The zero-order valence-electron chi connectivity index (χ0n) is 10.5. The van der Waals surface area contributed by atoms with Crippen LogP contribution in [0.1, 0.15) is 5.56 Å². The molecule has 2 aromatic heterocycles. The van der Waals surface area contributed by atoms with Crippen molar-refractivity contribution in [1.82, 2.24) is 19.5 Å². The van der Waals surface area contributed by atoms with Crippen molar-refractivity contribution < 1.29 is 4.74 Å². The van der Waals surface area contributed by atoms with Gasteiger partial charge >= 0.3 is 0 Å². The Kier molecular flexibility index (Phi) is 3.46. The molecule has 0 N–H and O–H groups in total. The lowest BCUT2D eigenvalue weighted by atomic mass is 10.2. The van der Waals surface area contributed by atoms with Gasteiger partial charge in [-0.1, -0.05) is 29.8 Å². The van der Waals surface area contributed by atoms with Crippen LogP contribution in [0.2, 0.25) is 10.4 Å². The van der Waals surface area contributed by atoms with Crippen LogP contribution in [-0.4, -0.2) is 26.6 Å². The molecule has 0 aliphatic carbocycles. The molecule has 0 bridgehead atoms. The smallest absolute Gasteiger partial charge is 0.225 e. The molecular weight excluding hydrogens is 299 g/mol. The van der Waals surface area contributed by atoms with E-state index in [1.165, 1.54) is 0 Å². The molecule has 0 saturated carbocycles. The van der Waals surface area contributed by atoms with Gasteiger partial charge in [0.05, 0.1) is 20.0 Å². The molecule has 0 saturated heterocycles. The molecule has 0 spiro atoms. The van der Waals surface area contributed by atoms with Crippen LogP contribution in [-0.2, 0) is 6.54 Å². The molecule has 5 nitrogen and oxygen atoms in total. The van der Waals surface area contributed by atoms with E-state index in [0.717, 1.165) is 11.3 Å². The Hall–Kier alpha value is -1.85. The summed E-state index contributed by atoms with van der Waals surface area (Å²) in [6, 6.07) is 7.76. The molecule has 20 heavy (non-hydrogen) atoms. The number of imidazole rings is 1. The molecule has 1 aromatic carbocycles. The van der Waals surface area contributed by atoms with Crippen LogP contribution >= 0.6 is 23.2 Å². The highest BCUT2D eigenvalue weighted by Crippen LogP contribution is 2.24. The van der Waals surface area contributed by atoms with Crippen molar-refractivity contribution in [3.05, 3.63) is 46.6 Å². The van der Waals surface area contributed by atoms with E-state index in [-0.39, 0.29) is 10.4 Å². The lowest BCUT2D eigenvalue weighted by molar-refractivity contribution is 0.408. The van der Waals surface area contributed by atoms with Gasteiger partial charge in [-0.05, 0) is 17.7 Å². The molecule has 0 fully saturated rings. The average molecular weight is 309 g/mol. The fourth-order valence-corrected chi connectivity index (χ4v) is 2.53. The minimum Gasteiger partial charge on any atom is -0.496 e. The highest BCUT2D eigenvalue weighted by atomic mass is 35.5. The number of hydrogen-bond acceptors (Lipinski definition) is 4. The summed E-state index contributed by atoms with van der Waals surface area (Å²) < 4.78 is 7.20. The van der Waals surface area contributed by atoms with Crippen LogP contribution in [0.3, 0.4) is 0 Å². The van der Waals surface area contributed by atoms with Crippen molar-refractivity contribution in [1.29, 1.82) is 0 Å². The minimum atomic E-state index is 0.0880. The standard InChI is InChI=1S/C13H10Cl2N4O/c1-20-9-5-3-2-4-8(9)6-19-7-16-12-10(19)11(14)17-13(15)18-12/h2-5,7H,6H2,1H3. The van der Waals surface area contributed by atoms with Gasteiger partial charge in [-0.2, -0.15) is 4.98 Å². The molecule has 0 radical (unpaired) electrons. The summed E-state index contributed by atoms with van der Waals surface area (Å²) >= 11 is 11.9. The first-order valence-corrected chi connectivity index (χ1v) is 6.60. The molecule has 0 aliphatic heterocycles. The third-order valence-electron chi connectivity index (χ3n) is 2.94. The normalized spacial score (nSPS) is 10.9. The first-order chi connectivity index (χ1) is 9.69. The van der Waals surface area contributed by atoms with E-state index in [9.17, 15) is 0 Å². The van der Waals surface area contributed by atoms with Gasteiger partial charge in [0.2, 0.25) is 5.28 Å². The summed E-state index contributed by atoms with van der Waals surface area (Å²) in [5, 5.41) is 0.373. The van der Waals surface area contributed by atoms with Crippen molar-refractivity contribution in [2.45, 2.75) is 6.54 Å². The predicted molar refractivity (Wildman–Crippen MR) is 77.4 cm³/mol. The van der Waals surface area contributed by atoms with Crippen LogP contribution in [0.4, 0.5) is 0 Å². The molecule has 102 valence electrons. The van der Waals surface area contributed by atoms with Gasteiger partial charge in [-0.3, -0.25) is 0 Å². The summed E-state index contributed by atoms with van der Waals surface area (Å²) in [5.74, 6) is 0.806. The molecule has 2 heterocycles. The Labute approximate surface area is 125 Å². The Bertz CT molecular complexity index is 772. The van der Waals surface area contributed by atoms with Gasteiger partial charge < -0.3 is 9.30 Å².